The smallest absolute Gasteiger partial charge is 0.254 e. The van der Waals surface area contributed by atoms with Crippen LogP contribution in [-0.4, -0.2) is 53.5 Å². The van der Waals surface area contributed by atoms with E-state index in [-0.39, 0.29) is 11.8 Å². The molecule has 1 N–H and O–H groups in total. The molecule has 4 rings (SSSR count). The second-order valence-electron chi connectivity index (χ2n) is 6.91. The average molecular weight is 382 g/mol. The predicted octanol–water partition coefficient (Wildman–Crippen LogP) is 3.08. The van der Waals surface area contributed by atoms with Crippen LogP contribution in [0, 0.1) is 0 Å². The molecule has 2 aromatic rings. The first-order valence-corrected chi connectivity index (χ1v) is 10.3. The third-order valence-electron chi connectivity index (χ3n) is 5.00. The van der Waals surface area contributed by atoms with Crippen LogP contribution in [-0.2, 0) is 11.3 Å². The van der Waals surface area contributed by atoms with Gasteiger partial charge in [0.15, 0.2) is 0 Å². The van der Waals surface area contributed by atoms with E-state index in [1.807, 2.05) is 29.2 Å². The van der Waals surface area contributed by atoms with E-state index < -0.39 is 0 Å². The Hall–Kier alpha value is -2.31. The van der Waals surface area contributed by atoms with E-state index >= 15 is 0 Å². The molecule has 2 amide bonds. The number of amides is 2. The number of rotatable bonds is 3. The van der Waals surface area contributed by atoms with Gasteiger partial charge in [-0.25, -0.2) is 0 Å². The summed E-state index contributed by atoms with van der Waals surface area (Å²) in [6.07, 6.45) is 0.506. The van der Waals surface area contributed by atoms with Crippen molar-refractivity contribution in [1.82, 2.24) is 9.80 Å². The predicted molar refractivity (Wildman–Crippen MR) is 108 cm³/mol. The lowest BCUT2D eigenvalue weighted by molar-refractivity contribution is -0.115. The molecule has 0 saturated carbocycles. The molecule has 27 heavy (non-hydrogen) atoms. The van der Waals surface area contributed by atoms with Gasteiger partial charge in [-0.15, -0.1) is 11.8 Å². The highest BCUT2D eigenvalue weighted by Gasteiger charge is 2.23. The molecule has 1 saturated heterocycles. The number of hydrogen-bond acceptors (Lipinski definition) is 4. The zero-order valence-corrected chi connectivity index (χ0v) is 16.0. The fourth-order valence-corrected chi connectivity index (χ4v) is 4.42. The lowest BCUT2D eigenvalue weighted by Crippen LogP contribution is -2.48. The van der Waals surface area contributed by atoms with Gasteiger partial charge in [-0.3, -0.25) is 14.5 Å². The van der Waals surface area contributed by atoms with Crippen LogP contribution in [0.2, 0.25) is 0 Å². The van der Waals surface area contributed by atoms with Gasteiger partial charge in [-0.05, 0) is 23.8 Å². The van der Waals surface area contributed by atoms with Crippen LogP contribution in [0.3, 0.4) is 0 Å². The van der Waals surface area contributed by atoms with Crippen LogP contribution in [0.5, 0.6) is 0 Å². The van der Waals surface area contributed by atoms with Gasteiger partial charge in [0.1, 0.15) is 0 Å². The van der Waals surface area contributed by atoms with E-state index in [1.54, 1.807) is 11.8 Å². The summed E-state index contributed by atoms with van der Waals surface area (Å²) in [7, 11) is 0. The highest BCUT2D eigenvalue weighted by atomic mass is 32.2. The Kier molecular flexibility index (Phi) is 5.45. The molecule has 0 aliphatic carbocycles. The van der Waals surface area contributed by atoms with Crippen molar-refractivity contribution >= 4 is 29.3 Å². The molecule has 0 spiro atoms. The van der Waals surface area contributed by atoms with Crippen LogP contribution in [0.15, 0.2) is 53.4 Å². The number of carbonyl (C=O) groups excluding carboxylic acids is 2. The summed E-state index contributed by atoms with van der Waals surface area (Å²) in [4.78, 5) is 30.0. The minimum absolute atomic E-state index is 0.0142. The van der Waals surface area contributed by atoms with Gasteiger partial charge >= 0.3 is 0 Å². The van der Waals surface area contributed by atoms with E-state index in [0.717, 1.165) is 49.1 Å². The van der Waals surface area contributed by atoms with Crippen molar-refractivity contribution in [2.75, 3.05) is 37.2 Å². The molecule has 0 unspecified atom stereocenters. The van der Waals surface area contributed by atoms with E-state index in [9.17, 15) is 9.59 Å². The fraction of sp³-hybridized carbons (Fsp3) is 0.333. The van der Waals surface area contributed by atoms with E-state index in [2.05, 4.69) is 34.5 Å². The SMILES string of the molecule is O=C1CCSc2ccc(C(=O)N3CCN(Cc4ccccc4)CC3)cc2N1. The van der Waals surface area contributed by atoms with Crippen LogP contribution in [0.25, 0.3) is 0 Å². The molecule has 140 valence electrons. The standard InChI is InChI=1S/C21H23N3O2S/c25-20-8-13-27-19-7-6-17(14-18(19)22-20)21(26)24-11-9-23(10-12-24)15-16-4-2-1-3-5-16/h1-7,14H,8-13,15H2,(H,22,25). The van der Waals surface area contributed by atoms with Gasteiger partial charge in [-0.2, -0.15) is 0 Å². The lowest BCUT2D eigenvalue weighted by Gasteiger charge is -2.35. The Bertz CT molecular complexity index is 833. The van der Waals surface area contributed by atoms with Gasteiger partial charge < -0.3 is 10.2 Å². The second kappa shape index (κ2) is 8.15. The molecule has 1 fully saturated rings. The number of thioether (sulfide) groups is 1. The van der Waals surface area contributed by atoms with Gasteiger partial charge in [0, 0.05) is 55.4 Å². The average Bonchev–Trinajstić information content (AvgIpc) is 2.88. The van der Waals surface area contributed by atoms with Crippen molar-refractivity contribution in [3.05, 3.63) is 59.7 Å². The number of carbonyl (C=O) groups is 2. The first-order chi connectivity index (χ1) is 13.2. The number of nitrogens with zero attached hydrogens (tertiary/aromatic N) is 2. The maximum Gasteiger partial charge on any atom is 0.254 e. The third kappa shape index (κ3) is 4.34. The molecule has 2 aliphatic rings. The van der Waals surface area contributed by atoms with E-state index in [1.165, 1.54) is 5.56 Å². The molecule has 0 aromatic heterocycles. The summed E-state index contributed by atoms with van der Waals surface area (Å²) in [6, 6.07) is 16.1. The second-order valence-corrected chi connectivity index (χ2v) is 8.05. The maximum atomic E-state index is 12.9. The number of piperazine rings is 1. The Morgan fingerprint density at radius 2 is 1.81 bits per heavy atom. The summed E-state index contributed by atoms with van der Waals surface area (Å²) < 4.78 is 0. The Balaban J connectivity index is 1.39. The zero-order valence-electron chi connectivity index (χ0n) is 15.2. The Morgan fingerprint density at radius 3 is 2.59 bits per heavy atom. The Morgan fingerprint density at radius 1 is 1.04 bits per heavy atom. The van der Waals surface area contributed by atoms with Gasteiger partial charge in [-0.1, -0.05) is 30.3 Å². The third-order valence-corrected chi connectivity index (χ3v) is 6.07. The quantitative estimate of drug-likeness (QED) is 0.888. The number of fused-ring (bicyclic) bond motifs is 1. The zero-order chi connectivity index (χ0) is 18.6. The van der Waals surface area contributed by atoms with Crippen LogP contribution >= 0.6 is 11.8 Å². The summed E-state index contributed by atoms with van der Waals surface area (Å²) in [5.41, 5.74) is 2.71. The van der Waals surface area contributed by atoms with E-state index in [0.29, 0.717) is 12.0 Å². The van der Waals surface area contributed by atoms with Crippen LogP contribution in [0.1, 0.15) is 22.3 Å². The van der Waals surface area contributed by atoms with Crippen molar-refractivity contribution in [2.45, 2.75) is 17.9 Å². The Labute approximate surface area is 163 Å². The fourth-order valence-electron chi connectivity index (χ4n) is 3.49. The minimum Gasteiger partial charge on any atom is -0.336 e. The monoisotopic (exact) mass is 381 g/mol. The van der Waals surface area contributed by atoms with Crippen molar-refractivity contribution < 1.29 is 9.59 Å². The molecular weight excluding hydrogens is 358 g/mol. The summed E-state index contributed by atoms with van der Waals surface area (Å²) in [6.45, 7) is 4.12. The first-order valence-electron chi connectivity index (χ1n) is 9.31. The van der Waals surface area contributed by atoms with Gasteiger partial charge in [0.05, 0.1) is 5.69 Å². The summed E-state index contributed by atoms with van der Waals surface area (Å²) in [5.74, 6) is 0.830. The molecule has 2 aromatic carbocycles. The van der Waals surface area contributed by atoms with Crippen molar-refractivity contribution in [3.8, 4) is 0 Å². The number of hydrogen-bond donors (Lipinski definition) is 1. The number of anilines is 1. The van der Waals surface area contributed by atoms with Crippen molar-refractivity contribution in [3.63, 3.8) is 0 Å². The van der Waals surface area contributed by atoms with Gasteiger partial charge in [0.25, 0.3) is 5.91 Å². The van der Waals surface area contributed by atoms with Crippen molar-refractivity contribution in [2.24, 2.45) is 0 Å². The van der Waals surface area contributed by atoms with Crippen LogP contribution in [0.4, 0.5) is 5.69 Å². The normalized spacial score (nSPS) is 17.8. The minimum atomic E-state index is 0.0142. The molecule has 0 bridgehead atoms. The van der Waals surface area contributed by atoms with Crippen LogP contribution < -0.4 is 5.32 Å². The molecule has 5 nitrogen and oxygen atoms in total. The summed E-state index contributed by atoms with van der Waals surface area (Å²) >= 11 is 1.66. The molecule has 2 heterocycles. The first kappa shape index (κ1) is 18.1. The molecule has 0 radical (unpaired) electrons. The molecular formula is C21H23N3O2S. The largest absolute Gasteiger partial charge is 0.336 e. The highest BCUT2D eigenvalue weighted by Crippen LogP contribution is 2.31. The molecule has 6 heteroatoms. The van der Waals surface area contributed by atoms with Gasteiger partial charge in [0.2, 0.25) is 5.91 Å². The lowest BCUT2D eigenvalue weighted by atomic mass is 10.1. The summed E-state index contributed by atoms with van der Waals surface area (Å²) in [5, 5.41) is 2.92. The van der Waals surface area contributed by atoms with E-state index in [4.69, 9.17) is 0 Å². The maximum absolute atomic E-state index is 12.9. The van der Waals surface area contributed by atoms with Crippen molar-refractivity contribution in [1.29, 1.82) is 0 Å². The molecule has 0 atom stereocenters. The molecule has 2 aliphatic heterocycles. The number of benzene rings is 2. The number of nitrogens with one attached hydrogen (secondary N) is 1. The highest BCUT2D eigenvalue weighted by molar-refractivity contribution is 7.99. The topological polar surface area (TPSA) is 52.7 Å².